The van der Waals surface area contributed by atoms with Crippen LogP contribution in [-0.4, -0.2) is 126 Å². The predicted molar refractivity (Wildman–Crippen MR) is 289 cm³/mol. The molecule has 0 atom stereocenters. The fraction of sp³-hybridized carbons (Fsp3) is 0.143. The van der Waals surface area contributed by atoms with Crippen LogP contribution in [0.5, 0.6) is 11.5 Å². The second-order valence-electron chi connectivity index (χ2n) is 16.5. The van der Waals surface area contributed by atoms with E-state index in [-0.39, 0.29) is 123 Å². The molecule has 31 nitrogen and oxygen atoms in total. The number of para-hydroxylation sites is 1. The molecule has 0 spiro atoms. The third-order valence-electron chi connectivity index (χ3n) is 11.2. The maximum absolute atomic E-state index is 13.1. The third kappa shape index (κ3) is 12.7. The molecule has 39 heteroatoms. The van der Waals surface area contributed by atoms with E-state index in [0.29, 0.717) is 6.07 Å². The fourth-order valence-corrected chi connectivity index (χ4v) is 12.0. The van der Waals surface area contributed by atoms with Crippen LogP contribution >= 0.6 is 34.8 Å². The van der Waals surface area contributed by atoms with Gasteiger partial charge in [-0.05, 0) is 84.2 Å². The van der Waals surface area contributed by atoms with Crippen molar-refractivity contribution in [2.24, 2.45) is 4.99 Å². The lowest BCUT2D eigenvalue weighted by Crippen LogP contribution is -2.20. The lowest BCUT2D eigenvalue weighted by Gasteiger charge is -2.28. The van der Waals surface area contributed by atoms with Gasteiger partial charge in [-0.15, -0.1) is 0 Å². The smallest absolute Gasteiger partial charge is 0.300 e. The first-order valence-electron chi connectivity index (χ1n) is 22.4. The summed E-state index contributed by atoms with van der Waals surface area (Å²) in [7, 11) is -24.8. The van der Waals surface area contributed by atoms with Crippen molar-refractivity contribution in [3.8, 4) is 23.0 Å². The van der Waals surface area contributed by atoms with Crippen molar-refractivity contribution in [2.45, 2.75) is 37.8 Å². The highest BCUT2D eigenvalue weighted by Crippen LogP contribution is 2.54. The number of rotatable bonds is 19. The van der Waals surface area contributed by atoms with E-state index in [0.717, 1.165) is 18.2 Å². The number of hydrogen-bond acceptors (Lipinski definition) is 26. The zero-order chi connectivity index (χ0) is 58.6. The summed E-state index contributed by atoms with van der Waals surface area (Å²) >= 11 is 19.1. The van der Waals surface area contributed by atoms with Crippen LogP contribution in [0.3, 0.4) is 0 Å². The van der Waals surface area contributed by atoms with Gasteiger partial charge in [-0.2, -0.15) is 72.0 Å². The molecule has 3 aliphatic rings. The molecule has 81 heavy (non-hydrogen) atoms. The van der Waals surface area contributed by atoms with Gasteiger partial charge in [0.05, 0.1) is 39.5 Å². The Morgan fingerprint density at radius 2 is 1.16 bits per heavy atom. The highest BCUT2D eigenvalue weighted by molar-refractivity contribution is 7.87. The summed E-state index contributed by atoms with van der Waals surface area (Å²) in [6, 6.07) is 12.9. The Kier molecular flexibility index (Phi) is 15.9. The Morgan fingerprint density at radius 3 is 1.77 bits per heavy atom. The molecule has 4 aromatic carbocycles. The van der Waals surface area contributed by atoms with E-state index in [2.05, 4.69) is 71.8 Å². The van der Waals surface area contributed by atoms with Crippen LogP contribution < -0.4 is 42.0 Å². The van der Waals surface area contributed by atoms with Gasteiger partial charge in [0.1, 0.15) is 31.7 Å². The van der Waals surface area contributed by atoms with Crippen molar-refractivity contribution < 1.29 is 74.0 Å². The van der Waals surface area contributed by atoms with Crippen LogP contribution in [0.1, 0.15) is 12.5 Å². The van der Waals surface area contributed by atoms with Crippen LogP contribution in [0.2, 0.25) is 15.6 Å². The summed E-state index contributed by atoms with van der Waals surface area (Å²) in [4.78, 5) is 29.0. The molecule has 0 unspecified atom stereocenters. The normalized spacial score (nSPS) is 13.0. The maximum Gasteiger partial charge on any atom is 0.300 e. The van der Waals surface area contributed by atoms with Crippen LogP contribution in [0.15, 0.2) is 101 Å². The summed E-state index contributed by atoms with van der Waals surface area (Å²) in [5.41, 5.74) is -0.681. The monoisotopic (exact) mass is 1270 g/mol. The first kappa shape index (κ1) is 58.2. The minimum Gasteiger partial charge on any atom is -0.451 e. The summed E-state index contributed by atoms with van der Waals surface area (Å²) in [5, 5.41) is 15.3. The van der Waals surface area contributed by atoms with Gasteiger partial charge in [-0.1, -0.05) is 30.7 Å². The maximum atomic E-state index is 13.1. The van der Waals surface area contributed by atoms with Crippen LogP contribution in [-0.2, 0) is 57.0 Å². The number of benzene rings is 5. The number of hydrogen-bond donors (Lipinski definition) is 11. The molecule has 2 aliphatic heterocycles. The van der Waals surface area contributed by atoms with E-state index in [4.69, 9.17) is 44.0 Å². The van der Waals surface area contributed by atoms with Crippen molar-refractivity contribution in [1.29, 1.82) is 0 Å². The molecule has 0 saturated carbocycles. The third-order valence-corrected chi connectivity index (χ3v) is 16.4. The SMILES string of the molecule is CCc1c2c(c(Cl)c3oc4c(S(=O)(=O)O)c(=NCCNc5nc(Cl)nc(Nc6ccccc6S(=O)(=O)O)n5)ccc-4nc13)Nc1ccc(NCCNc3nc(Cl)nc(Nc4ccc(S(=O)(=O)O)cc4S(=O)(=O)O)n3)c(S(=O)(=O)O)c1O2. The molecule has 1 aliphatic carbocycles. The molecule has 0 fully saturated rings. The van der Waals surface area contributed by atoms with Crippen molar-refractivity contribution in [2.75, 3.05) is 58.1 Å². The van der Waals surface area contributed by atoms with Crippen molar-refractivity contribution in [3.63, 3.8) is 0 Å². The number of nitrogens with zero attached hydrogens (tertiary/aromatic N) is 8. The van der Waals surface area contributed by atoms with Gasteiger partial charge in [-0.25, -0.2) is 4.98 Å². The number of fused-ring (bicyclic) bond motifs is 4. The van der Waals surface area contributed by atoms with E-state index in [1.165, 1.54) is 42.5 Å². The quantitative estimate of drug-likeness (QED) is 0.0254. The molecule has 0 amide bonds. The lowest BCUT2D eigenvalue weighted by molar-refractivity contribution is 0.446. The van der Waals surface area contributed by atoms with Crippen LogP contribution in [0, 0.1) is 0 Å². The summed E-state index contributed by atoms with van der Waals surface area (Å²) in [5.74, 6) is -1.83. The van der Waals surface area contributed by atoms with Crippen LogP contribution in [0.25, 0.3) is 22.6 Å². The minimum absolute atomic E-state index is 0.0126. The standard InChI is InChI=1S/C42H35Cl3N14O17S5/c1-2-19-29-34(76-33-22(50-29)9-11-25(36(33)81(72,73)74)47-14-16-48-39-54-37(44)56-41(58-39)52-20-5-3-4-6-26(20)78(63,64)65)28(43)30-31(19)75-32-23(51-30)10-12-24(35(32)80(69,70)71)46-13-15-49-40-55-38(45)57-42(59-40)53-21-8-7-18(77(60,61)62)17-27(21)79(66,67)68/h3-12,17,46,51H,2,13-16H2,1H3,(H,60,61,62)(H,63,64,65)(H,66,67,68)(H,69,70,71)(H,72,73,74)(H2,48,52,54,56,58)(H2,49,53,55,57,59). The zero-order valence-electron chi connectivity index (χ0n) is 40.3. The Hall–Kier alpha value is -7.46. The first-order chi connectivity index (χ1) is 38.0. The van der Waals surface area contributed by atoms with Gasteiger partial charge in [0.15, 0.2) is 32.6 Å². The van der Waals surface area contributed by atoms with E-state index < -0.39 is 97.7 Å². The van der Waals surface area contributed by atoms with Gasteiger partial charge in [0, 0.05) is 25.2 Å². The Bertz CT molecular complexity index is 4550. The zero-order valence-corrected chi connectivity index (χ0v) is 46.6. The number of ether oxygens (including phenoxy) is 1. The van der Waals surface area contributed by atoms with Gasteiger partial charge in [0.25, 0.3) is 40.5 Å². The molecule has 0 saturated heterocycles. The molecule has 2 aromatic heterocycles. The molecular weight excluding hydrogens is 1240 g/mol. The van der Waals surface area contributed by atoms with Gasteiger partial charge in [0.2, 0.25) is 34.4 Å². The van der Waals surface area contributed by atoms with E-state index >= 15 is 0 Å². The summed E-state index contributed by atoms with van der Waals surface area (Å²) in [6.07, 6.45) is 0.111. The molecule has 9 rings (SSSR count). The van der Waals surface area contributed by atoms with Crippen molar-refractivity contribution in [1.82, 2.24) is 34.9 Å². The molecular formula is C42H35Cl3N14O17S5. The van der Waals surface area contributed by atoms with Crippen molar-refractivity contribution >= 4 is 149 Å². The van der Waals surface area contributed by atoms with Gasteiger partial charge in [-0.3, -0.25) is 27.8 Å². The number of anilines is 9. The minimum atomic E-state index is -5.13. The molecule has 11 N–H and O–H groups in total. The number of halogens is 3. The summed E-state index contributed by atoms with van der Waals surface area (Å²) in [6.45, 7) is 1.21. The Labute approximate surface area is 471 Å². The second kappa shape index (κ2) is 22.1. The van der Waals surface area contributed by atoms with E-state index in [1.54, 1.807) is 6.92 Å². The number of nitrogens with one attached hydrogen (secondary N) is 6. The van der Waals surface area contributed by atoms with Crippen LogP contribution in [0.4, 0.5) is 52.2 Å². The van der Waals surface area contributed by atoms with E-state index in [9.17, 15) is 64.9 Å². The number of aromatic nitrogens is 7. The molecule has 6 aromatic rings. The number of aryl methyl sites for hydroxylation is 1. The molecule has 0 radical (unpaired) electrons. The first-order valence-corrected chi connectivity index (χ1v) is 30.7. The molecule has 426 valence electrons. The highest BCUT2D eigenvalue weighted by atomic mass is 35.5. The predicted octanol–water partition coefficient (Wildman–Crippen LogP) is 5.93. The lowest BCUT2D eigenvalue weighted by atomic mass is 10.0. The Balaban J connectivity index is 0.952. The topological polar surface area (TPSA) is 469 Å². The molecule has 0 bridgehead atoms. The summed E-state index contributed by atoms with van der Waals surface area (Å²) < 4.78 is 186. The fourth-order valence-electron chi connectivity index (χ4n) is 7.90. The van der Waals surface area contributed by atoms with Gasteiger partial charge < -0.3 is 41.1 Å². The van der Waals surface area contributed by atoms with Crippen molar-refractivity contribution in [3.05, 3.63) is 93.2 Å². The second-order valence-corrected chi connectivity index (χ2v) is 24.5. The van der Waals surface area contributed by atoms with E-state index in [1.807, 2.05) is 0 Å². The van der Waals surface area contributed by atoms with Gasteiger partial charge >= 0.3 is 10.1 Å². The molecule has 4 heterocycles. The largest absolute Gasteiger partial charge is 0.451 e. The Morgan fingerprint density at radius 1 is 0.580 bits per heavy atom. The highest BCUT2D eigenvalue weighted by Gasteiger charge is 2.35. The average Bonchev–Trinajstić information content (AvgIpc) is 3.45. The average molecular weight is 1270 g/mol.